The molecule has 2 heteroatoms. The van der Waals surface area contributed by atoms with E-state index in [0.717, 1.165) is 23.1 Å². The first-order valence-corrected chi connectivity index (χ1v) is 5.92. The minimum Gasteiger partial charge on any atom is -0.392 e. The zero-order valence-corrected chi connectivity index (χ0v) is 11.1. The molecule has 1 aliphatic carbocycles. The lowest BCUT2D eigenvalue weighted by molar-refractivity contribution is -0.116. The molecule has 0 aromatic carbocycles. The molecule has 0 radical (unpaired) electrons. The minimum atomic E-state index is -0.0233. The molecule has 2 nitrogen and oxygen atoms in total. The van der Waals surface area contributed by atoms with Crippen LogP contribution in [0.3, 0.4) is 0 Å². The summed E-state index contributed by atoms with van der Waals surface area (Å²) < 4.78 is 0. The molecule has 0 aromatic rings. The van der Waals surface area contributed by atoms with Crippen LogP contribution in [0.15, 0.2) is 22.8 Å². The topological polar surface area (TPSA) is 37.3 Å². The highest BCUT2D eigenvalue weighted by Crippen LogP contribution is 2.38. The summed E-state index contributed by atoms with van der Waals surface area (Å²) in [7, 11) is 0. The largest absolute Gasteiger partial charge is 0.392 e. The Labute approximate surface area is 103 Å². The zero-order chi connectivity index (χ0) is 13.1. The van der Waals surface area contributed by atoms with Crippen LogP contribution < -0.4 is 0 Å². The molecule has 0 aliphatic heterocycles. The summed E-state index contributed by atoms with van der Waals surface area (Å²) in [5.74, 6) is 6.31. The molecule has 0 spiro atoms. The summed E-state index contributed by atoms with van der Waals surface area (Å²) >= 11 is 0. The van der Waals surface area contributed by atoms with E-state index in [2.05, 4.69) is 25.7 Å². The normalized spacial score (nSPS) is 20.1. The fourth-order valence-electron chi connectivity index (χ4n) is 2.00. The Bertz CT molecular complexity index is 439. The van der Waals surface area contributed by atoms with Gasteiger partial charge in [-0.2, -0.15) is 0 Å². The maximum Gasteiger partial charge on any atom is 0.159 e. The molecule has 0 fully saturated rings. The summed E-state index contributed by atoms with van der Waals surface area (Å²) in [6.45, 7) is 7.96. The Morgan fingerprint density at radius 2 is 2.18 bits per heavy atom. The van der Waals surface area contributed by atoms with E-state index in [0.29, 0.717) is 6.42 Å². The second-order valence-electron chi connectivity index (χ2n) is 5.13. The number of allylic oxidation sites excluding steroid dienone is 3. The van der Waals surface area contributed by atoms with Gasteiger partial charge in [-0.15, -0.1) is 0 Å². The molecule has 1 aliphatic rings. The van der Waals surface area contributed by atoms with Crippen molar-refractivity contribution in [3.05, 3.63) is 22.8 Å². The first-order valence-electron chi connectivity index (χ1n) is 5.92. The number of rotatable bonds is 1. The van der Waals surface area contributed by atoms with Gasteiger partial charge in [0.2, 0.25) is 0 Å². The van der Waals surface area contributed by atoms with Crippen LogP contribution in [0.5, 0.6) is 0 Å². The Balaban J connectivity index is 3.12. The van der Waals surface area contributed by atoms with Gasteiger partial charge in [0, 0.05) is 17.6 Å². The predicted molar refractivity (Wildman–Crippen MR) is 69.3 cm³/mol. The Morgan fingerprint density at radius 3 is 2.76 bits per heavy atom. The van der Waals surface area contributed by atoms with Gasteiger partial charge in [0.25, 0.3) is 0 Å². The lowest BCUT2D eigenvalue weighted by atomic mass is 9.72. The van der Waals surface area contributed by atoms with Crippen molar-refractivity contribution >= 4 is 5.78 Å². The number of carbonyl (C=O) groups is 1. The van der Waals surface area contributed by atoms with Crippen LogP contribution in [0.2, 0.25) is 0 Å². The lowest BCUT2D eigenvalue weighted by Gasteiger charge is -2.30. The van der Waals surface area contributed by atoms with E-state index in [-0.39, 0.29) is 17.8 Å². The van der Waals surface area contributed by atoms with Crippen molar-refractivity contribution < 1.29 is 9.90 Å². The van der Waals surface area contributed by atoms with Crippen LogP contribution in [-0.2, 0) is 4.79 Å². The number of hydrogen-bond donors (Lipinski definition) is 1. The number of aliphatic hydroxyl groups excluding tert-OH is 1. The Kier molecular flexibility index (Phi) is 4.31. The van der Waals surface area contributed by atoms with Crippen LogP contribution in [0, 0.1) is 17.3 Å². The van der Waals surface area contributed by atoms with Gasteiger partial charge in [0.05, 0.1) is 6.61 Å². The van der Waals surface area contributed by atoms with Gasteiger partial charge in [-0.3, -0.25) is 4.79 Å². The highest BCUT2D eigenvalue weighted by molar-refractivity contribution is 5.97. The van der Waals surface area contributed by atoms with Crippen LogP contribution in [0.1, 0.15) is 40.5 Å². The molecule has 0 unspecified atom stereocenters. The minimum absolute atomic E-state index is 0.000860. The predicted octanol–water partition coefficient (Wildman–Crippen LogP) is 2.63. The number of ketones is 1. The molecular formula is C15H20O2. The van der Waals surface area contributed by atoms with Crippen molar-refractivity contribution in [2.24, 2.45) is 5.41 Å². The van der Waals surface area contributed by atoms with Crippen molar-refractivity contribution in [2.45, 2.75) is 40.5 Å². The van der Waals surface area contributed by atoms with Crippen LogP contribution in [-0.4, -0.2) is 17.5 Å². The molecular weight excluding hydrogens is 212 g/mol. The standard InChI is InChI=1S/C15H20O2/c1-11(8-10-16)5-6-13-12(2)14(17)7-9-15(13,3)4/h8,16H,7,9-10H2,1-4H3. The first-order chi connectivity index (χ1) is 7.88. The van der Waals surface area contributed by atoms with Gasteiger partial charge >= 0.3 is 0 Å². The van der Waals surface area contributed by atoms with E-state index < -0.39 is 0 Å². The number of carbonyl (C=O) groups excluding carboxylic acids is 1. The van der Waals surface area contributed by atoms with Crippen molar-refractivity contribution in [3.8, 4) is 11.8 Å². The van der Waals surface area contributed by atoms with Crippen LogP contribution in [0.4, 0.5) is 0 Å². The van der Waals surface area contributed by atoms with Gasteiger partial charge in [-0.1, -0.05) is 25.7 Å². The second kappa shape index (κ2) is 5.33. The van der Waals surface area contributed by atoms with Crippen molar-refractivity contribution in [1.82, 2.24) is 0 Å². The molecule has 1 rings (SSSR count). The summed E-state index contributed by atoms with van der Waals surface area (Å²) in [6.07, 6.45) is 3.14. The Morgan fingerprint density at radius 1 is 1.53 bits per heavy atom. The monoisotopic (exact) mass is 232 g/mol. The zero-order valence-electron chi connectivity index (χ0n) is 11.1. The maximum atomic E-state index is 11.7. The van der Waals surface area contributed by atoms with Crippen molar-refractivity contribution in [1.29, 1.82) is 0 Å². The summed E-state index contributed by atoms with van der Waals surface area (Å²) in [6, 6.07) is 0. The van der Waals surface area contributed by atoms with Crippen LogP contribution >= 0.6 is 0 Å². The quantitative estimate of drug-likeness (QED) is 0.706. The van der Waals surface area contributed by atoms with E-state index >= 15 is 0 Å². The summed E-state index contributed by atoms with van der Waals surface area (Å²) in [5, 5.41) is 8.76. The molecule has 0 heterocycles. The van der Waals surface area contributed by atoms with Crippen molar-refractivity contribution in [3.63, 3.8) is 0 Å². The number of Topliss-reactive ketones (excluding diaryl/α,β-unsaturated/α-hetero) is 1. The molecule has 92 valence electrons. The molecule has 0 bridgehead atoms. The lowest BCUT2D eigenvalue weighted by Crippen LogP contribution is -2.24. The molecule has 0 aromatic heterocycles. The molecule has 0 saturated heterocycles. The van der Waals surface area contributed by atoms with E-state index in [4.69, 9.17) is 5.11 Å². The average molecular weight is 232 g/mol. The smallest absolute Gasteiger partial charge is 0.159 e. The molecule has 17 heavy (non-hydrogen) atoms. The summed E-state index contributed by atoms with van der Waals surface area (Å²) in [5.41, 5.74) is 2.55. The third-order valence-corrected chi connectivity index (χ3v) is 3.23. The third-order valence-electron chi connectivity index (χ3n) is 3.23. The maximum absolute atomic E-state index is 11.7. The number of hydrogen-bond acceptors (Lipinski definition) is 2. The average Bonchev–Trinajstić information content (AvgIpc) is 2.24. The first kappa shape index (κ1) is 13.7. The van der Waals surface area contributed by atoms with Crippen LogP contribution in [0.25, 0.3) is 0 Å². The summed E-state index contributed by atoms with van der Waals surface area (Å²) in [4.78, 5) is 11.7. The van der Waals surface area contributed by atoms with Gasteiger partial charge in [-0.05, 0) is 37.3 Å². The molecule has 0 atom stereocenters. The van der Waals surface area contributed by atoms with Gasteiger partial charge in [0.15, 0.2) is 5.78 Å². The van der Waals surface area contributed by atoms with E-state index in [1.807, 2.05) is 13.8 Å². The molecule has 0 saturated carbocycles. The number of aliphatic hydroxyl groups is 1. The van der Waals surface area contributed by atoms with E-state index in [9.17, 15) is 4.79 Å². The van der Waals surface area contributed by atoms with Crippen molar-refractivity contribution in [2.75, 3.05) is 6.61 Å². The molecule has 0 amide bonds. The SMILES string of the molecule is CC(C#CC1=C(C)C(=O)CCC1(C)C)=CCO. The van der Waals surface area contributed by atoms with E-state index in [1.54, 1.807) is 6.08 Å². The van der Waals surface area contributed by atoms with E-state index in [1.165, 1.54) is 0 Å². The van der Waals surface area contributed by atoms with Gasteiger partial charge in [0.1, 0.15) is 0 Å². The second-order valence-corrected chi connectivity index (χ2v) is 5.13. The molecule has 1 N–H and O–H groups in total. The third kappa shape index (κ3) is 3.31. The Hall–Kier alpha value is -1.33. The fraction of sp³-hybridized carbons (Fsp3) is 0.533. The highest BCUT2D eigenvalue weighted by Gasteiger charge is 2.31. The highest BCUT2D eigenvalue weighted by atomic mass is 16.2. The fourth-order valence-corrected chi connectivity index (χ4v) is 2.00. The van der Waals surface area contributed by atoms with Gasteiger partial charge in [-0.25, -0.2) is 0 Å². The van der Waals surface area contributed by atoms with Gasteiger partial charge < -0.3 is 5.11 Å².